The number of hydrogen-bond acceptors (Lipinski definition) is 3. The predicted octanol–water partition coefficient (Wildman–Crippen LogP) is 2.66. The van der Waals surface area contributed by atoms with Crippen molar-refractivity contribution in [2.45, 2.75) is 37.8 Å². The molecule has 100 valence electrons. The Morgan fingerprint density at radius 3 is 3.05 bits per heavy atom. The summed E-state index contributed by atoms with van der Waals surface area (Å²) < 4.78 is 6.13. The molecule has 0 radical (unpaired) electrons. The minimum atomic E-state index is -0.342. The summed E-state index contributed by atoms with van der Waals surface area (Å²) in [6.07, 6.45) is 2.63. The molecular formula is C16H19NO2. The predicted molar refractivity (Wildman–Crippen MR) is 74.1 cm³/mol. The second-order valence-corrected chi connectivity index (χ2v) is 5.95. The van der Waals surface area contributed by atoms with E-state index in [1.807, 2.05) is 12.1 Å². The van der Waals surface area contributed by atoms with E-state index >= 15 is 0 Å². The molecule has 3 heterocycles. The first-order valence-electron chi connectivity index (χ1n) is 7.15. The lowest BCUT2D eigenvalue weighted by molar-refractivity contribution is -0.0757. The molecule has 0 spiro atoms. The van der Waals surface area contributed by atoms with E-state index in [0.717, 1.165) is 43.7 Å². The number of benzene rings is 1. The fraction of sp³-hybridized carbons (Fsp3) is 0.500. The van der Waals surface area contributed by atoms with Crippen LogP contribution in [0.3, 0.4) is 0 Å². The molecule has 1 saturated heterocycles. The number of furan rings is 1. The van der Waals surface area contributed by atoms with E-state index in [1.54, 1.807) is 0 Å². The first-order chi connectivity index (χ1) is 9.21. The fourth-order valence-electron chi connectivity index (χ4n) is 3.84. The number of rotatable bonds is 0. The Balaban J connectivity index is 1.97. The molecule has 1 aromatic carbocycles. The third kappa shape index (κ3) is 1.40. The Bertz CT molecular complexity index is 633. The van der Waals surface area contributed by atoms with Crippen LogP contribution in [-0.2, 0) is 12.0 Å². The van der Waals surface area contributed by atoms with Crippen LogP contribution in [0.15, 0.2) is 28.7 Å². The van der Waals surface area contributed by atoms with Gasteiger partial charge in [0.25, 0.3) is 0 Å². The van der Waals surface area contributed by atoms with Crippen molar-refractivity contribution in [1.82, 2.24) is 4.90 Å². The smallest absolute Gasteiger partial charge is 0.134 e. The summed E-state index contributed by atoms with van der Waals surface area (Å²) in [5, 5.41) is 11.8. The molecule has 1 N–H and O–H groups in total. The molecule has 19 heavy (non-hydrogen) atoms. The van der Waals surface area contributed by atoms with Gasteiger partial charge in [-0.25, -0.2) is 0 Å². The lowest BCUT2D eigenvalue weighted by Crippen LogP contribution is -2.58. The number of nitrogens with zero attached hydrogens (tertiary/aromatic N) is 1. The van der Waals surface area contributed by atoms with Gasteiger partial charge in [-0.2, -0.15) is 0 Å². The molecule has 4 rings (SSSR count). The second kappa shape index (κ2) is 3.84. The summed E-state index contributed by atoms with van der Waals surface area (Å²) in [6, 6.07) is 8.22. The molecule has 0 amide bonds. The third-order valence-electron chi connectivity index (χ3n) is 5.00. The lowest BCUT2D eigenvalue weighted by atomic mass is 9.78. The largest absolute Gasteiger partial charge is 0.459 e. The summed E-state index contributed by atoms with van der Waals surface area (Å²) >= 11 is 0. The number of para-hydroxylation sites is 1. The Hall–Kier alpha value is -1.32. The molecule has 0 saturated carbocycles. The molecule has 1 aromatic heterocycles. The Morgan fingerprint density at radius 2 is 2.16 bits per heavy atom. The molecular weight excluding hydrogens is 238 g/mol. The van der Waals surface area contributed by atoms with Crippen molar-refractivity contribution in [3.63, 3.8) is 0 Å². The first-order valence-corrected chi connectivity index (χ1v) is 7.15. The van der Waals surface area contributed by atoms with Crippen LogP contribution in [0, 0.1) is 0 Å². The molecule has 0 bridgehead atoms. The quantitative estimate of drug-likeness (QED) is 0.788. The SMILES string of the molecule is CC12c3oc4ccccc4c3CCN1CCC[C@H]2O. The van der Waals surface area contributed by atoms with Crippen LogP contribution in [0.2, 0.25) is 0 Å². The second-order valence-electron chi connectivity index (χ2n) is 5.95. The van der Waals surface area contributed by atoms with Crippen LogP contribution in [0.1, 0.15) is 31.1 Å². The van der Waals surface area contributed by atoms with Gasteiger partial charge in [0.15, 0.2) is 0 Å². The molecule has 3 nitrogen and oxygen atoms in total. The molecule has 0 aliphatic carbocycles. The van der Waals surface area contributed by atoms with Crippen molar-refractivity contribution in [2.24, 2.45) is 0 Å². The van der Waals surface area contributed by atoms with Crippen molar-refractivity contribution in [3.05, 3.63) is 35.6 Å². The maximum atomic E-state index is 10.5. The van der Waals surface area contributed by atoms with Gasteiger partial charge in [0.1, 0.15) is 16.9 Å². The van der Waals surface area contributed by atoms with Gasteiger partial charge in [-0.05, 0) is 38.8 Å². The first kappa shape index (κ1) is 11.5. The van der Waals surface area contributed by atoms with E-state index in [1.165, 1.54) is 10.9 Å². The van der Waals surface area contributed by atoms with Gasteiger partial charge in [-0.15, -0.1) is 0 Å². The standard InChI is InChI=1S/C16H19NO2/c1-16-14(18)7-4-9-17(16)10-8-12-11-5-2-3-6-13(11)19-15(12)16/h2-3,5-6,14,18H,4,7-10H2,1H3/t14-,16?/m1/s1. The van der Waals surface area contributed by atoms with Crippen LogP contribution < -0.4 is 0 Å². The van der Waals surface area contributed by atoms with Crippen LogP contribution in [0.5, 0.6) is 0 Å². The molecule has 1 unspecified atom stereocenters. The van der Waals surface area contributed by atoms with E-state index in [9.17, 15) is 5.11 Å². The van der Waals surface area contributed by atoms with Gasteiger partial charge >= 0.3 is 0 Å². The van der Waals surface area contributed by atoms with Crippen molar-refractivity contribution >= 4 is 11.0 Å². The molecule has 2 aliphatic rings. The third-order valence-corrected chi connectivity index (χ3v) is 5.00. The highest BCUT2D eigenvalue weighted by Crippen LogP contribution is 2.45. The molecule has 2 aliphatic heterocycles. The molecule has 3 heteroatoms. The number of fused-ring (bicyclic) bond motifs is 5. The van der Waals surface area contributed by atoms with Crippen molar-refractivity contribution in [1.29, 1.82) is 0 Å². The molecule has 1 fully saturated rings. The van der Waals surface area contributed by atoms with E-state index < -0.39 is 0 Å². The van der Waals surface area contributed by atoms with Crippen LogP contribution in [-0.4, -0.2) is 29.2 Å². The summed E-state index contributed by atoms with van der Waals surface area (Å²) in [5.41, 5.74) is 1.91. The lowest BCUT2D eigenvalue weighted by Gasteiger charge is -2.49. The summed E-state index contributed by atoms with van der Waals surface area (Å²) in [5.74, 6) is 0.993. The van der Waals surface area contributed by atoms with Crippen molar-refractivity contribution < 1.29 is 9.52 Å². The summed E-state index contributed by atoms with van der Waals surface area (Å²) in [7, 11) is 0. The molecule has 2 aromatic rings. The van der Waals surface area contributed by atoms with Gasteiger partial charge in [0.05, 0.1) is 6.10 Å². The zero-order chi connectivity index (χ0) is 13.0. The van der Waals surface area contributed by atoms with Gasteiger partial charge in [-0.3, -0.25) is 4.90 Å². The topological polar surface area (TPSA) is 36.6 Å². The van der Waals surface area contributed by atoms with E-state index in [-0.39, 0.29) is 11.6 Å². The Kier molecular flexibility index (Phi) is 2.32. The molecule has 2 atom stereocenters. The van der Waals surface area contributed by atoms with Gasteiger partial charge in [0.2, 0.25) is 0 Å². The van der Waals surface area contributed by atoms with Crippen molar-refractivity contribution in [2.75, 3.05) is 13.1 Å². The minimum absolute atomic E-state index is 0.333. The average molecular weight is 257 g/mol. The number of piperidine rings is 1. The highest BCUT2D eigenvalue weighted by atomic mass is 16.3. The van der Waals surface area contributed by atoms with E-state index in [4.69, 9.17) is 4.42 Å². The van der Waals surface area contributed by atoms with Crippen molar-refractivity contribution in [3.8, 4) is 0 Å². The van der Waals surface area contributed by atoms with Crippen LogP contribution in [0.25, 0.3) is 11.0 Å². The van der Waals surface area contributed by atoms with Crippen LogP contribution >= 0.6 is 0 Å². The highest BCUT2D eigenvalue weighted by Gasteiger charge is 2.49. The van der Waals surface area contributed by atoms with Gasteiger partial charge in [0, 0.05) is 17.5 Å². The number of hydrogen-bond donors (Lipinski definition) is 1. The Morgan fingerprint density at radius 1 is 1.32 bits per heavy atom. The van der Waals surface area contributed by atoms with Crippen LogP contribution in [0.4, 0.5) is 0 Å². The minimum Gasteiger partial charge on any atom is -0.459 e. The maximum absolute atomic E-state index is 10.5. The zero-order valence-corrected chi connectivity index (χ0v) is 11.2. The maximum Gasteiger partial charge on any atom is 0.134 e. The number of aliphatic hydroxyl groups is 1. The highest BCUT2D eigenvalue weighted by molar-refractivity contribution is 5.83. The monoisotopic (exact) mass is 257 g/mol. The summed E-state index contributed by atoms with van der Waals surface area (Å²) in [4.78, 5) is 2.39. The summed E-state index contributed by atoms with van der Waals surface area (Å²) in [6.45, 7) is 4.21. The van der Waals surface area contributed by atoms with E-state index in [2.05, 4.69) is 24.0 Å². The van der Waals surface area contributed by atoms with Gasteiger partial charge < -0.3 is 9.52 Å². The van der Waals surface area contributed by atoms with Gasteiger partial charge in [-0.1, -0.05) is 18.2 Å². The Labute approximate surface area is 112 Å². The zero-order valence-electron chi connectivity index (χ0n) is 11.2. The van der Waals surface area contributed by atoms with E-state index in [0.29, 0.717) is 0 Å². The fourth-order valence-corrected chi connectivity index (χ4v) is 3.84. The average Bonchev–Trinajstić information content (AvgIpc) is 2.80. The normalized spacial score (nSPS) is 31.2. The number of aliphatic hydroxyl groups excluding tert-OH is 1.